The van der Waals surface area contributed by atoms with Crippen molar-refractivity contribution in [1.82, 2.24) is 10.4 Å². The van der Waals surface area contributed by atoms with Gasteiger partial charge in [-0.3, -0.25) is 15.0 Å². The van der Waals surface area contributed by atoms with Crippen molar-refractivity contribution in [1.29, 1.82) is 0 Å². The van der Waals surface area contributed by atoms with Crippen molar-refractivity contribution in [3.8, 4) is 5.75 Å². The van der Waals surface area contributed by atoms with Crippen LogP contribution in [0.25, 0.3) is 6.08 Å². The van der Waals surface area contributed by atoms with E-state index in [1.54, 1.807) is 30.3 Å². The van der Waals surface area contributed by atoms with Crippen molar-refractivity contribution >= 4 is 69.4 Å². The molecule has 3 aromatic carbocycles. The molecule has 9 heteroatoms. The molecular formula is C24H16Cl2N2O3S2. The molecule has 0 aliphatic carbocycles. The molecule has 5 nitrogen and oxygen atoms in total. The second-order valence-corrected chi connectivity index (χ2v) is 9.50. The highest BCUT2D eigenvalue weighted by atomic mass is 35.5. The molecule has 166 valence electrons. The van der Waals surface area contributed by atoms with Crippen molar-refractivity contribution < 1.29 is 14.3 Å². The second-order valence-electron chi connectivity index (χ2n) is 6.95. The molecule has 3 aromatic rings. The van der Waals surface area contributed by atoms with E-state index in [1.165, 1.54) is 0 Å². The Morgan fingerprint density at radius 3 is 2.21 bits per heavy atom. The van der Waals surface area contributed by atoms with Crippen LogP contribution in [-0.4, -0.2) is 21.1 Å². The molecule has 1 fully saturated rings. The SMILES string of the molecule is O=C(NN1C(=O)/C(=C\c2ccc(OCc3ccc(Cl)cc3)cc2)SC1=S)c1ccc(Cl)cc1. The molecule has 1 saturated heterocycles. The summed E-state index contributed by atoms with van der Waals surface area (Å²) in [6.07, 6.45) is 1.72. The summed E-state index contributed by atoms with van der Waals surface area (Å²) in [6, 6.07) is 21.1. The first-order valence-electron chi connectivity index (χ1n) is 9.71. The molecule has 1 N–H and O–H groups in total. The molecular weight excluding hydrogens is 499 g/mol. The van der Waals surface area contributed by atoms with Crippen molar-refractivity contribution in [3.05, 3.63) is 104 Å². The second kappa shape index (κ2) is 10.4. The van der Waals surface area contributed by atoms with Gasteiger partial charge in [0.05, 0.1) is 4.91 Å². The van der Waals surface area contributed by atoms with E-state index < -0.39 is 11.8 Å². The molecule has 0 spiro atoms. The molecule has 1 aliphatic rings. The number of carbonyl (C=O) groups excluding carboxylic acids is 2. The van der Waals surface area contributed by atoms with Gasteiger partial charge in [0.15, 0.2) is 4.32 Å². The predicted octanol–water partition coefficient (Wildman–Crippen LogP) is 6.12. The highest BCUT2D eigenvalue weighted by Crippen LogP contribution is 2.32. The number of hydrogen-bond donors (Lipinski definition) is 1. The Bertz CT molecular complexity index is 1230. The van der Waals surface area contributed by atoms with E-state index in [2.05, 4.69) is 5.43 Å². The molecule has 2 amide bonds. The van der Waals surface area contributed by atoms with Crippen LogP contribution in [0.2, 0.25) is 10.0 Å². The van der Waals surface area contributed by atoms with Gasteiger partial charge in [-0.05, 0) is 78.0 Å². The molecule has 33 heavy (non-hydrogen) atoms. The maximum absolute atomic E-state index is 12.8. The normalized spacial score (nSPS) is 14.6. The third-order valence-corrected chi connectivity index (χ3v) is 6.42. The zero-order valence-corrected chi connectivity index (χ0v) is 20.1. The molecule has 4 rings (SSSR count). The summed E-state index contributed by atoms with van der Waals surface area (Å²) in [5, 5.41) is 2.27. The quantitative estimate of drug-likeness (QED) is 0.317. The third kappa shape index (κ3) is 5.94. The van der Waals surface area contributed by atoms with Crippen LogP contribution in [0.3, 0.4) is 0 Å². The number of ether oxygens (including phenoxy) is 1. The number of thiocarbonyl (C=S) groups is 1. The van der Waals surface area contributed by atoms with E-state index in [0.717, 1.165) is 27.9 Å². The van der Waals surface area contributed by atoms with E-state index in [9.17, 15) is 9.59 Å². The van der Waals surface area contributed by atoms with Gasteiger partial charge in [-0.1, -0.05) is 59.2 Å². The fourth-order valence-corrected chi connectivity index (χ4v) is 4.32. The molecule has 0 unspecified atom stereocenters. The minimum Gasteiger partial charge on any atom is -0.489 e. The summed E-state index contributed by atoms with van der Waals surface area (Å²) >= 11 is 18.1. The Morgan fingerprint density at radius 1 is 0.970 bits per heavy atom. The zero-order valence-electron chi connectivity index (χ0n) is 17.0. The van der Waals surface area contributed by atoms with E-state index in [-0.39, 0.29) is 4.32 Å². The van der Waals surface area contributed by atoms with Crippen LogP contribution in [0.1, 0.15) is 21.5 Å². The number of hydrogen-bond acceptors (Lipinski definition) is 5. The molecule has 0 aromatic heterocycles. The smallest absolute Gasteiger partial charge is 0.285 e. The van der Waals surface area contributed by atoms with E-state index >= 15 is 0 Å². The van der Waals surface area contributed by atoms with Crippen LogP contribution in [0.4, 0.5) is 0 Å². The van der Waals surface area contributed by atoms with Gasteiger partial charge in [0.2, 0.25) is 0 Å². The fraction of sp³-hybridized carbons (Fsp3) is 0.0417. The standard InChI is InChI=1S/C24H16Cl2N2O3S2/c25-18-7-1-16(2-8-18)14-31-20-11-3-15(4-12-20)13-21-23(30)28(24(32)33-21)27-22(29)17-5-9-19(26)10-6-17/h1-13H,14H2,(H,27,29)/b21-13+. The van der Waals surface area contributed by atoms with Crippen molar-refractivity contribution in [2.45, 2.75) is 6.61 Å². The first kappa shape index (κ1) is 23.3. The number of nitrogens with one attached hydrogen (secondary N) is 1. The van der Waals surface area contributed by atoms with Gasteiger partial charge >= 0.3 is 0 Å². The van der Waals surface area contributed by atoms with Gasteiger partial charge in [-0.15, -0.1) is 0 Å². The lowest BCUT2D eigenvalue weighted by molar-refractivity contribution is -0.123. The van der Waals surface area contributed by atoms with Crippen LogP contribution >= 0.6 is 47.2 Å². The van der Waals surface area contributed by atoms with E-state index in [0.29, 0.717) is 32.9 Å². The van der Waals surface area contributed by atoms with Crippen LogP contribution < -0.4 is 10.2 Å². The van der Waals surface area contributed by atoms with Crippen molar-refractivity contribution in [2.75, 3.05) is 0 Å². The van der Waals surface area contributed by atoms with E-state index in [4.69, 9.17) is 40.2 Å². The molecule has 0 radical (unpaired) electrons. The Hall–Kier alpha value is -2.84. The lowest BCUT2D eigenvalue weighted by Gasteiger charge is -2.15. The largest absolute Gasteiger partial charge is 0.489 e. The number of benzene rings is 3. The number of amides is 2. The zero-order chi connectivity index (χ0) is 23.4. The van der Waals surface area contributed by atoms with Crippen LogP contribution in [0.5, 0.6) is 5.75 Å². The van der Waals surface area contributed by atoms with Crippen LogP contribution in [0.15, 0.2) is 77.7 Å². The summed E-state index contributed by atoms with van der Waals surface area (Å²) in [6.45, 7) is 0.419. The summed E-state index contributed by atoms with van der Waals surface area (Å²) in [5.41, 5.74) is 4.72. The average molecular weight is 515 g/mol. The van der Waals surface area contributed by atoms with Crippen molar-refractivity contribution in [3.63, 3.8) is 0 Å². The Morgan fingerprint density at radius 2 is 1.58 bits per heavy atom. The summed E-state index contributed by atoms with van der Waals surface area (Å²) in [4.78, 5) is 25.6. The number of carbonyl (C=O) groups is 2. The molecule has 1 heterocycles. The lowest BCUT2D eigenvalue weighted by atomic mass is 10.2. The number of nitrogens with zero attached hydrogens (tertiary/aromatic N) is 1. The van der Waals surface area contributed by atoms with Gasteiger partial charge in [0.25, 0.3) is 11.8 Å². The summed E-state index contributed by atoms with van der Waals surface area (Å²) < 4.78 is 6.03. The van der Waals surface area contributed by atoms with Gasteiger partial charge in [0.1, 0.15) is 12.4 Å². The average Bonchev–Trinajstić information content (AvgIpc) is 3.07. The Kier molecular flexibility index (Phi) is 7.35. The maximum Gasteiger partial charge on any atom is 0.285 e. The lowest BCUT2D eigenvalue weighted by Crippen LogP contribution is -2.44. The topological polar surface area (TPSA) is 58.6 Å². The van der Waals surface area contributed by atoms with Crippen LogP contribution in [-0.2, 0) is 11.4 Å². The maximum atomic E-state index is 12.8. The van der Waals surface area contributed by atoms with Gasteiger partial charge in [-0.2, -0.15) is 5.01 Å². The molecule has 0 bridgehead atoms. The van der Waals surface area contributed by atoms with Crippen molar-refractivity contribution in [2.24, 2.45) is 0 Å². The summed E-state index contributed by atoms with van der Waals surface area (Å²) in [5.74, 6) is -0.147. The van der Waals surface area contributed by atoms with E-state index in [1.807, 2.05) is 48.5 Å². The predicted molar refractivity (Wildman–Crippen MR) is 136 cm³/mol. The summed E-state index contributed by atoms with van der Waals surface area (Å²) in [7, 11) is 0. The third-order valence-electron chi connectivity index (χ3n) is 4.61. The van der Waals surface area contributed by atoms with Gasteiger partial charge < -0.3 is 4.74 Å². The fourth-order valence-electron chi connectivity index (χ4n) is 2.89. The molecule has 0 atom stereocenters. The van der Waals surface area contributed by atoms with Crippen LogP contribution in [0, 0.1) is 0 Å². The van der Waals surface area contributed by atoms with Gasteiger partial charge in [0, 0.05) is 15.6 Å². The number of rotatable bonds is 6. The number of halogens is 2. The number of thioether (sulfide) groups is 1. The first-order chi connectivity index (χ1) is 15.9. The minimum atomic E-state index is -0.452. The Labute approximate surface area is 210 Å². The highest BCUT2D eigenvalue weighted by molar-refractivity contribution is 8.26. The minimum absolute atomic E-state index is 0.247. The Balaban J connectivity index is 1.38. The number of hydrazine groups is 1. The highest BCUT2D eigenvalue weighted by Gasteiger charge is 2.33. The first-order valence-corrected chi connectivity index (χ1v) is 11.7. The monoisotopic (exact) mass is 514 g/mol. The molecule has 0 saturated carbocycles. The van der Waals surface area contributed by atoms with Gasteiger partial charge in [-0.25, -0.2) is 0 Å². The molecule has 1 aliphatic heterocycles.